The first-order valence-corrected chi connectivity index (χ1v) is 7.06. The Labute approximate surface area is 123 Å². The number of benzene rings is 1. The van der Waals surface area contributed by atoms with Crippen molar-refractivity contribution in [1.82, 2.24) is 5.32 Å². The van der Waals surface area contributed by atoms with Crippen molar-refractivity contribution in [3.8, 4) is 11.5 Å². The summed E-state index contributed by atoms with van der Waals surface area (Å²) < 4.78 is 10.6. The standard InChI is InChI=1S/C17H27NO2/c1-7-13(12-18-17(2,3)4)10-14-8-9-15(19-5)16(11-14)20-6/h8-11,18H,7,12H2,1-6H3. The zero-order chi connectivity index (χ0) is 15.2. The molecule has 0 saturated carbocycles. The maximum absolute atomic E-state index is 5.34. The van der Waals surface area contributed by atoms with Crippen LogP contribution in [0.15, 0.2) is 23.8 Å². The first-order valence-electron chi connectivity index (χ1n) is 7.06. The van der Waals surface area contributed by atoms with Gasteiger partial charge >= 0.3 is 0 Å². The molecule has 3 heteroatoms. The van der Waals surface area contributed by atoms with Gasteiger partial charge in [-0.1, -0.05) is 24.6 Å². The third kappa shape index (κ3) is 5.25. The smallest absolute Gasteiger partial charge is 0.161 e. The van der Waals surface area contributed by atoms with E-state index >= 15 is 0 Å². The molecule has 112 valence electrons. The summed E-state index contributed by atoms with van der Waals surface area (Å²) in [6, 6.07) is 5.99. The van der Waals surface area contributed by atoms with Crippen LogP contribution in [0.5, 0.6) is 11.5 Å². The fourth-order valence-electron chi connectivity index (χ4n) is 1.84. The van der Waals surface area contributed by atoms with Crippen LogP contribution in [0.3, 0.4) is 0 Å². The van der Waals surface area contributed by atoms with Crippen molar-refractivity contribution in [2.75, 3.05) is 20.8 Å². The lowest BCUT2D eigenvalue weighted by molar-refractivity contribution is 0.355. The topological polar surface area (TPSA) is 30.5 Å². The van der Waals surface area contributed by atoms with Gasteiger partial charge in [0.25, 0.3) is 0 Å². The van der Waals surface area contributed by atoms with Crippen LogP contribution in [-0.4, -0.2) is 26.3 Å². The van der Waals surface area contributed by atoms with Gasteiger partial charge in [0.15, 0.2) is 11.5 Å². The molecule has 0 bridgehead atoms. The van der Waals surface area contributed by atoms with Gasteiger partial charge in [-0.25, -0.2) is 0 Å². The lowest BCUT2D eigenvalue weighted by Crippen LogP contribution is -2.36. The van der Waals surface area contributed by atoms with Gasteiger partial charge in [-0.05, 0) is 44.9 Å². The summed E-state index contributed by atoms with van der Waals surface area (Å²) in [5.74, 6) is 1.52. The van der Waals surface area contributed by atoms with Gasteiger partial charge < -0.3 is 14.8 Å². The largest absolute Gasteiger partial charge is 0.493 e. The third-order valence-electron chi connectivity index (χ3n) is 3.08. The van der Waals surface area contributed by atoms with E-state index in [1.165, 1.54) is 5.57 Å². The van der Waals surface area contributed by atoms with E-state index in [0.29, 0.717) is 0 Å². The van der Waals surface area contributed by atoms with Crippen molar-refractivity contribution >= 4 is 6.08 Å². The molecule has 0 aromatic heterocycles. The lowest BCUT2D eigenvalue weighted by atomic mass is 10.1. The summed E-state index contributed by atoms with van der Waals surface area (Å²) in [5.41, 5.74) is 2.63. The SMILES string of the molecule is CCC(=Cc1ccc(OC)c(OC)c1)CNC(C)(C)C. The number of hydrogen-bond acceptors (Lipinski definition) is 3. The van der Waals surface area contributed by atoms with E-state index in [2.05, 4.69) is 39.1 Å². The van der Waals surface area contributed by atoms with Crippen LogP contribution in [0.4, 0.5) is 0 Å². The van der Waals surface area contributed by atoms with Gasteiger partial charge in [0.2, 0.25) is 0 Å². The highest BCUT2D eigenvalue weighted by atomic mass is 16.5. The van der Waals surface area contributed by atoms with E-state index in [-0.39, 0.29) is 5.54 Å². The second kappa shape index (κ2) is 7.34. The fraction of sp³-hybridized carbons (Fsp3) is 0.529. The molecule has 0 aliphatic rings. The van der Waals surface area contributed by atoms with E-state index < -0.39 is 0 Å². The molecular weight excluding hydrogens is 250 g/mol. The Kier molecular flexibility index (Phi) is 6.08. The molecule has 1 aromatic carbocycles. The minimum atomic E-state index is 0.131. The summed E-state index contributed by atoms with van der Waals surface area (Å²) >= 11 is 0. The maximum Gasteiger partial charge on any atom is 0.161 e. The summed E-state index contributed by atoms with van der Waals surface area (Å²) in [5, 5.41) is 3.52. The molecule has 0 unspecified atom stereocenters. The van der Waals surface area contributed by atoms with Gasteiger partial charge in [0.05, 0.1) is 14.2 Å². The predicted molar refractivity (Wildman–Crippen MR) is 85.6 cm³/mol. The van der Waals surface area contributed by atoms with Crippen LogP contribution < -0.4 is 14.8 Å². The Bertz CT molecular complexity index is 459. The predicted octanol–water partition coefficient (Wildman–Crippen LogP) is 3.89. The number of methoxy groups -OCH3 is 2. The van der Waals surface area contributed by atoms with Crippen LogP contribution in [-0.2, 0) is 0 Å². The number of nitrogens with one attached hydrogen (secondary N) is 1. The Morgan fingerprint density at radius 1 is 1.15 bits per heavy atom. The molecule has 0 aliphatic heterocycles. The summed E-state index contributed by atoms with van der Waals surface area (Å²) in [6.45, 7) is 9.61. The number of rotatable bonds is 6. The molecule has 0 fully saturated rings. The monoisotopic (exact) mass is 277 g/mol. The van der Waals surface area contributed by atoms with E-state index in [0.717, 1.165) is 30.0 Å². The van der Waals surface area contributed by atoms with Crippen molar-refractivity contribution in [3.05, 3.63) is 29.3 Å². The van der Waals surface area contributed by atoms with Gasteiger partial charge in [-0.2, -0.15) is 0 Å². The van der Waals surface area contributed by atoms with Crippen LogP contribution in [0, 0.1) is 0 Å². The molecule has 0 atom stereocenters. The zero-order valence-electron chi connectivity index (χ0n) is 13.5. The first kappa shape index (κ1) is 16.6. The van der Waals surface area contributed by atoms with Crippen molar-refractivity contribution in [2.24, 2.45) is 0 Å². The molecule has 0 spiro atoms. The summed E-state index contributed by atoms with van der Waals surface area (Å²) in [7, 11) is 3.31. The lowest BCUT2D eigenvalue weighted by Gasteiger charge is -2.21. The Morgan fingerprint density at radius 2 is 1.80 bits per heavy atom. The summed E-state index contributed by atoms with van der Waals surface area (Å²) in [6.07, 6.45) is 3.23. The van der Waals surface area contributed by atoms with E-state index in [9.17, 15) is 0 Å². The molecule has 0 heterocycles. The Morgan fingerprint density at radius 3 is 2.30 bits per heavy atom. The zero-order valence-corrected chi connectivity index (χ0v) is 13.5. The van der Waals surface area contributed by atoms with Gasteiger partial charge in [0, 0.05) is 12.1 Å². The first-order chi connectivity index (χ1) is 9.39. The van der Waals surface area contributed by atoms with Crippen molar-refractivity contribution in [1.29, 1.82) is 0 Å². The molecule has 1 aromatic rings. The second-order valence-corrected chi connectivity index (χ2v) is 5.87. The van der Waals surface area contributed by atoms with Crippen LogP contribution >= 0.6 is 0 Å². The molecule has 3 nitrogen and oxygen atoms in total. The third-order valence-corrected chi connectivity index (χ3v) is 3.08. The maximum atomic E-state index is 5.34. The fourth-order valence-corrected chi connectivity index (χ4v) is 1.84. The van der Waals surface area contributed by atoms with Gasteiger partial charge in [0.1, 0.15) is 0 Å². The summed E-state index contributed by atoms with van der Waals surface area (Å²) in [4.78, 5) is 0. The molecule has 1 N–H and O–H groups in total. The normalized spacial score (nSPS) is 12.4. The molecule has 20 heavy (non-hydrogen) atoms. The molecule has 0 saturated heterocycles. The van der Waals surface area contributed by atoms with Crippen molar-refractivity contribution < 1.29 is 9.47 Å². The average Bonchev–Trinajstić information content (AvgIpc) is 2.42. The highest BCUT2D eigenvalue weighted by molar-refractivity contribution is 5.58. The Balaban J connectivity index is 2.89. The van der Waals surface area contributed by atoms with Crippen molar-refractivity contribution in [2.45, 2.75) is 39.7 Å². The minimum absolute atomic E-state index is 0.131. The van der Waals surface area contributed by atoms with Gasteiger partial charge in [-0.3, -0.25) is 0 Å². The van der Waals surface area contributed by atoms with Crippen LogP contribution in [0.25, 0.3) is 6.08 Å². The molecular formula is C17H27NO2. The van der Waals surface area contributed by atoms with E-state index in [4.69, 9.17) is 9.47 Å². The number of ether oxygens (including phenoxy) is 2. The average molecular weight is 277 g/mol. The molecule has 0 radical (unpaired) electrons. The second-order valence-electron chi connectivity index (χ2n) is 5.87. The van der Waals surface area contributed by atoms with E-state index in [1.807, 2.05) is 18.2 Å². The highest BCUT2D eigenvalue weighted by Gasteiger charge is 2.09. The van der Waals surface area contributed by atoms with E-state index in [1.54, 1.807) is 14.2 Å². The van der Waals surface area contributed by atoms with Crippen LogP contribution in [0.1, 0.15) is 39.7 Å². The van der Waals surface area contributed by atoms with Crippen molar-refractivity contribution in [3.63, 3.8) is 0 Å². The molecule has 0 amide bonds. The van der Waals surface area contributed by atoms with Gasteiger partial charge in [-0.15, -0.1) is 0 Å². The molecule has 1 rings (SSSR count). The molecule has 0 aliphatic carbocycles. The quantitative estimate of drug-likeness (QED) is 0.856. The Hall–Kier alpha value is -1.48. The highest BCUT2D eigenvalue weighted by Crippen LogP contribution is 2.28. The minimum Gasteiger partial charge on any atom is -0.493 e. The van der Waals surface area contributed by atoms with Crippen LogP contribution in [0.2, 0.25) is 0 Å². The number of hydrogen-bond donors (Lipinski definition) is 1.